The first kappa shape index (κ1) is 27.1. The van der Waals surface area contributed by atoms with Crippen molar-refractivity contribution in [3.05, 3.63) is 81.4 Å². The fourth-order valence-corrected chi connectivity index (χ4v) is 4.29. The Balaban J connectivity index is 1.42. The quantitative estimate of drug-likeness (QED) is 0.327. The fourth-order valence-electron chi connectivity index (χ4n) is 4.12. The van der Waals surface area contributed by atoms with Crippen molar-refractivity contribution in [1.82, 2.24) is 25.1 Å². The van der Waals surface area contributed by atoms with Crippen molar-refractivity contribution in [2.24, 2.45) is 0 Å². The molecule has 198 valence electrons. The Hall–Kier alpha value is -3.98. The Bertz CT molecular complexity index is 1500. The van der Waals surface area contributed by atoms with Gasteiger partial charge in [-0.2, -0.15) is 5.10 Å². The third kappa shape index (κ3) is 6.66. The fraction of sp³-hybridized carbons (Fsp3) is 0.321. The van der Waals surface area contributed by atoms with Gasteiger partial charge in [-0.25, -0.2) is 9.78 Å². The molecule has 0 saturated heterocycles. The SMILES string of the molecule is Cc1cc(NC(=O)OC(C)(C)C)nc(C)c1CNC(=O)c1cn(Cc2ccc3ncc(Cl)cc3c2)nc1C. The van der Waals surface area contributed by atoms with E-state index in [4.69, 9.17) is 16.3 Å². The van der Waals surface area contributed by atoms with Gasteiger partial charge in [0.15, 0.2) is 0 Å². The molecular formula is C28H31ClN6O3. The second kappa shape index (κ2) is 10.8. The van der Waals surface area contributed by atoms with Crippen molar-refractivity contribution >= 4 is 40.3 Å². The molecule has 2 N–H and O–H groups in total. The van der Waals surface area contributed by atoms with Crippen molar-refractivity contribution < 1.29 is 14.3 Å². The summed E-state index contributed by atoms with van der Waals surface area (Å²) in [5.74, 6) is 0.172. The third-order valence-electron chi connectivity index (χ3n) is 5.86. The number of carbonyl (C=O) groups excluding carboxylic acids is 2. The van der Waals surface area contributed by atoms with Gasteiger partial charge in [0.2, 0.25) is 0 Å². The average molecular weight is 535 g/mol. The van der Waals surface area contributed by atoms with Gasteiger partial charge in [-0.05, 0) is 82.5 Å². The zero-order valence-corrected chi connectivity index (χ0v) is 23.1. The minimum Gasteiger partial charge on any atom is -0.444 e. The number of aryl methyl sites for hydroxylation is 3. The predicted molar refractivity (Wildman–Crippen MR) is 148 cm³/mol. The summed E-state index contributed by atoms with van der Waals surface area (Å²) in [5.41, 5.74) is 4.89. The number of rotatable bonds is 6. The number of fused-ring (bicyclic) bond motifs is 1. The Labute approximate surface area is 226 Å². The smallest absolute Gasteiger partial charge is 0.413 e. The van der Waals surface area contributed by atoms with Crippen LogP contribution in [0.4, 0.5) is 10.6 Å². The number of aromatic nitrogens is 4. The van der Waals surface area contributed by atoms with Crippen LogP contribution in [0.2, 0.25) is 5.02 Å². The van der Waals surface area contributed by atoms with Gasteiger partial charge < -0.3 is 10.1 Å². The molecule has 0 aliphatic carbocycles. The van der Waals surface area contributed by atoms with Gasteiger partial charge in [-0.15, -0.1) is 0 Å². The van der Waals surface area contributed by atoms with Gasteiger partial charge in [0.25, 0.3) is 5.91 Å². The first-order chi connectivity index (χ1) is 17.9. The van der Waals surface area contributed by atoms with Crippen LogP contribution >= 0.6 is 11.6 Å². The molecule has 0 fully saturated rings. The summed E-state index contributed by atoms with van der Waals surface area (Å²) < 4.78 is 7.04. The van der Waals surface area contributed by atoms with Crippen molar-refractivity contribution in [1.29, 1.82) is 0 Å². The van der Waals surface area contributed by atoms with E-state index < -0.39 is 11.7 Å². The second-order valence-electron chi connectivity index (χ2n) is 10.2. The van der Waals surface area contributed by atoms with Crippen molar-refractivity contribution in [2.75, 3.05) is 5.32 Å². The minimum atomic E-state index is -0.606. The maximum atomic E-state index is 13.0. The summed E-state index contributed by atoms with van der Waals surface area (Å²) in [6.07, 6.45) is 2.80. The topological polar surface area (TPSA) is 111 Å². The monoisotopic (exact) mass is 534 g/mol. The van der Waals surface area contributed by atoms with Crippen molar-refractivity contribution in [3.63, 3.8) is 0 Å². The number of pyridine rings is 2. The normalized spacial score (nSPS) is 11.4. The lowest BCUT2D eigenvalue weighted by Gasteiger charge is -2.20. The number of carbonyl (C=O) groups is 2. The molecule has 0 saturated carbocycles. The maximum absolute atomic E-state index is 13.0. The highest BCUT2D eigenvalue weighted by molar-refractivity contribution is 6.31. The standard InChI is InChI=1S/C28H31ClN6O3/c1-16-9-25(33-27(37)38-28(4,5)6)32-17(2)22(16)13-31-26(36)23-15-35(34-18(23)3)14-19-7-8-24-20(10-19)11-21(29)12-30-24/h7-12,15H,13-14H2,1-6H3,(H,31,36)(H,32,33,37). The number of benzene rings is 1. The molecule has 0 aliphatic rings. The van der Waals surface area contributed by atoms with Crippen LogP contribution in [0.3, 0.4) is 0 Å². The van der Waals surface area contributed by atoms with E-state index >= 15 is 0 Å². The maximum Gasteiger partial charge on any atom is 0.413 e. The lowest BCUT2D eigenvalue weighted by Crippen LogP contribution is -2.28. The number of nitrogens with zero attached hydrogens (tertiary/aromatic N) is 4. The number of amides is 2. The average Bonchev–Trinajstić information content (AvgIpc) is 3.16. The van der Waals surface area contributed by atoms with E-state index in [1.54, 1.807) is 43.9 Å². The van der Waals surface area contributed by atoms with Crippen LogP contribution in [-0.2, 0) is 17.8 Å². The molecule has 0 atom stereocenters. The summed E-state index contributed by atoms with van der Waals surface area (Å²) in [7, 11) is 0. The molecule has 1 aromatic carbocycles. The van der Waals surface area contributed by atoms with Gasteiger partial charge in [0.05, 0.1) is 28.3 Å². The molecule has 0 spiro atoms. The Morgan fingerprint density at radius 3 is 2.55 bits per heavy atom. The number of ether oxygens (including phenoxy) is 1. The van der Waals surface area contributed by atoms with Crippen molar-refractivity contribution in [2.45, 2.75) is 60.2 Å². The highest BCUT2D eigenvalue weighted by atomic mass is 35.5. The first-order valence-corrected chi connectivity index (χ1v) is 12.6. The van der Waals surface area contributed by atoms with E-state index in [9.17, 15) is 9.59 Å². The number of anilines is 1. The largest absolute Gasteiger partial charge is 0.444 e. The molecule has 2 amide bonds. The van der Waals surface area contributed by atoms with Gasteiger partial charge >= 0.3 is 6.09 Å². The molecule has 38 heavy (non-hydrogen) atoms. The highest BCUT2D eigenvalue weighted by Crippen LogP contribution is 2.20. The van der Waals surface area contributed by atoms with Crippen LogP contribution in [0, 0.1) is 20.8 Å². The number of hydrogen-bond acceptors (Lipinski definition) is 6. The molecule has 10 heteroatoms. The van der Waals surface area contributed by atoms with Crippen LogP contribution in [-0.4, -0.2) is 37.3 Å². The van der Waals surface area contributed by atoms with Crippen molar-refractivity contribution in [3.8, 4) is 0 Å². The van der Waals surface area contributed by atoms with Gasteiger partial charge in [0.1, 0.15) is 11.4 Å². The van der Waals surface area contributed by atoms with E-state index in [0.29, 0.717) is 40.9 Å². The summed E-state index contributed by atoms with van der Waals surface area (Å²) in [6, 6.07) is 9.58. The molecule has 9 nitrogen and oxygen atoms in total. The summed E-state index contributed by atoms with van der Waals surface area (Å²) in [5, 5.41) is 11.7. The first-order valence-electron chi connectivity index (χ1n) is 12.2. The summed E-state index contributed by atoms with van der Waals surface area (Å²) >= 11 is 6.08. The second-order valence-corrected chi connectivity index (χ2v) is 10.6. The van der Waals surface area contributed by atoms with E-state index in [0.717, 1.165) is 27.6 Å². The number of nitrogens with one attached hydrogen (secondary N) is 2. The predicted octanol–water partition coefficient (Wildman–Crippen LogP) is 5.73. The zero-order chi connectivity index (χ0) is 27.6. The highest BCUT2D eigenvalue weighted by Gasteiger charge is 2.18. The van der Waals surface area contributed by atoms with Crippen LogP contribution in [0.15, 0.2) is 42.7 Å². The molecule has 4 aromatic rings. The van der Waals surface area contributed by atoms with Crippen LogP contribution in [0.1, 0.15) is 59.2 Å². The van der Waals surface area contributed by atoms with Gasteiger partial charge in [0, 0.05) is 30.0 Å². The summed E-state index contributed by atoms with van der Waals surface area (Å²) in [4.78, 5) is 33.9. The molecule has 3 heterocycles. The lowest BCUT2D eigenvalue weighted by atomic mass is 10.1. The molecule has 0 bridgehead atoms. The number of halogens is 1. The summed E-state index contributed by atoms with van der Waals surface area (Å²) in [6.45, 7) is 11.7. The van der Waals surface area contributed by atoms with Crippen LogP contribution in [0.5, 0.6) is 0 Å². The molecule has 3 aromatic heterocycles. The Morgan fingerprint density at radius 1 is 1.08 bits per heavy atom. The molecule has 0 aliphatic heterocycles. The molecule has 0 radical (unpaired) electrons. The lowest BCUT2D eigenvalue weighted by molar-refractivity contribution is 0.0635. The molecular weight excluding hydrogens is 504 g/mol. The van der Waals surface area contributed by atoms with E-state index in [1.807, 2.05) is 45.0 Å². The third-order valence-corrected chi connectivity index (χ3v) is 6.06. The minimum absolute atomic E-state index is 0.224. The van der Waals surface area contributed by atoms with Gasteiger partial charge in [-0.1, -0.05) is 17.7 Å². The van der Waals surface area contributed by atoms with E-state index in [1.165, 1.54) is 0 Å². The molecule has 0 unspecified atom stereocenters. The van der Waals surface area contributed by atoms with Crippen LogP contribution < -0.4 is 10.6 Å². The Kier molecular flexibility index (Phi) is 7.68. The van der Waals surface area contributed by atoms with E-state index in [-0.39, 0.29) is 5.91 Å². The number of hydrogen-bond donors (Lipinski definition) is 2. The molecule has 4 rings (SSSR count). The van der Waals surface area contributed by atoms with E-state index in [2.05, 4.69) is 25.7 Å². The van der Waals surface area contributed by atoms with Crippen LogP contribution in [0.25, 0.3) is 10.9 Å². The zero-order valence-electron chi connectivity index (χ0n) is 22.3. The Morgan fingerprint density at radius 2 is 1.84 bits per heavy atom. The van der Waals surface area contributed by atoms with Gasteiger partial charge in [-0.3, -0.25) is 19.8 Å².